The summed E-state index contributed by atoms with van der Waals surface area (Å²) >= 11 is 3.21. The summed E-state index contributed by atoms with van der Waals surface area (Å²) in [5.41, 5.74) is -0.131. The molecule has 0 aliphatic rings. The van der Waals surface area contributed by atoms with Crippen LogP contribution in [-0.4, -0.2) is 30.8 Å². The fourth-order valence-corrected chi connectivity index (χ4v) is 1.35. The van der Waals surface area contributed by atoms with Crippen LogP contribution in [0.1, 0.15) is 10.5 Å². The Bertz CT molecular complexity index is 511. The number of carboxylic acids is 1. The highest BCUT2D eigenvalue weighted by Crippen LogP contribution is 2.12. The van der Waals surface area contributed by atoms with E-state index in [2.05, 4.69) is 31.0 Å². The van der Waals surface area contributed by atoms with E-state index in [0.717, 1.165) is 4.47 Å². The molecule has 15 heavy (non-hydrogen) atoms. The van der Waals surface area contributed by atoms with Crippen molar-refractivity contribution in [2.75, 3.05) is 0 Å². The normalized spacial score (nSPS) is 10.2. The lowest BCUT2D eigenvalue weighted by Gasteiger charge is -2.02. The first kappa shape index (κ1) is 9.78. The lowest BCUT2D eigenvalue weighted by atomic mass is 10.4. The summed E-state index contributed by atoms with van der Waals surface area (Å²) in [4.78, 5) is 18.5. The minimum atomic E-state index is -1.13. The van der Waals surface area contributed by atoms with E-state index in [1.165, 1.54) is 17.1 Å². The topological polar surface area (TPSA) is 80.9 Å². The standard InChI is InChI=1S/C8H5BrN4O2/c9-5-3-12-13(4-5)7-6(8(14)15)10-1-2-11-7/h1-4H,(H,14,15). The van der Waals surface area contributed by atoms with Gasteiger partial charge in [-0.05, 0) is 15.9 Å². The maximum Gasteiger partial charge on any atom is 0.358 e. The van der Waals surface area contributed by atoms with Crippen molar-refractivity contribution >= 4 is 21.9 Å². The molecule has 0 aromatic carbocycles. The highest BCUT2D eigenvalue weighted by atomic mass is 79.9. The van der Waals surface area contributed by atoms with Crippen molar-refractivity contribution in [2.24, 2.45) is 0 Å². The molecule has 7 heteroatoms. The second-order valence-electron chi connectivity index (χ2n) is 2.64. The molecule has 0 spiro atoms. The van der Waals surface area contributed by atoms with Crippen LogP contribution in [0.3, 0.4) is 0 Å². The zero-order valence-electron chi connectivity index (χ0n) is 7.33. The van der Waals surface area contributed by atoms with Gasteiger partial charge in [-0.3, -0.25) is 0 Å². The molecule has 6 nitrogen and oxygen atoms in total. The second-order valence-corrected chi connectivity index (χ2v) is 3.55. The highest BCUT2D eigenvalue weighted by molar-refractivity contribution is 9.10. The van der Waals surface area contributed by atoms with Crippen molar-refractivity contribution in [3.8, 4) is 5.82 Å². The number of carbonyl (C=O) groups is 1. The third kappa shape index (κ3) is 1.86. The van der Waals surface area contributed by atoms with E-state index in [0.29, 0.717) is 0 Å². The second kappa shape index (κ2) is 3.77. The molecule has 0 bridgehead atoms. The Morgan fingerprint density at radius 1 is 1.40 bits per heavy atom. The van der Waals surface area contributed by atoms with Gasteiger partial charge >= 0.3 is 5.97 Å². The molecule has 0 radical (unpaired) electrons. The Morgan fingerprint density at radius 3 is 2.73 bits per heavy atom. The van der Waals surface area contributed by atoms with Crippen LogP contribution in [-0.2, 0) is 0 Å². The number of hydrogen-bond acceptors (Lipinski definition) is 4. The smallest absolute Gasteiger partial charge is 0.358 e. The SMILES string of the molecule is O=C(O)c1nccnc1-n1cc(Br)cn1. The molecule has 2 aromatic heterocycles. The molecule has 1 N–H and O–H groups in total. The van der Waals surface area contributed by atoms with Gasteiger partial charge in [0.15, 0.2) is 11.5 Å². The maximum absolute atomic E-state index is 10.8. The van der Waals surface area contributed by atoms with Gasteiger partial charge in [0, 0.05) is 18.6 Å². The summed E-state index contributed by atoms with van der Waals surface area (Å²) < 4.78 is 2.09. The van der Waals surface area contributed by atoms with Crippen LogP contribution in [0.2, 0.25) is 0 Å². The summed E-state index contributed by atoms with van der Waals surface area (Å²) in [7, 11) is 0. The van der Waals surface area contributed by atoms with Gasteiger partial charge in [-0.25, -0.2) is 19.4 Å². The highest BCUT2D eigenvalue weighted by Gasteiger charge is 2.14. The van der Waals surface area contributed by atoms with E-state index in [4.69, 9.17) is 5.11 Å². The lowest BCUT2D eigenvalue weighted by Crippen LogP contribution is -2.10. The molecule has 2 aromatic rings. The molecule has 0 amide bonds. The Labute approximate surface area is 92.7 Å². The van der Waals surface area contributed by atoms with Crippen LogP contribution >= 0.6 is 15.9 Å². The predicted octanol–water partition coefficient (Wildman–Crippen LogP) is 1.12. The van der Waals surface area contributed by atoms with Crippen LogP contribution in [0.25, 0.3) is 5.82 Å². The molecule has 0 aliphatic heterocycles. The molecule has 0 saturated heterocycles. The van der Waals surface area contributed by atoms with Gasteiger partial charge < -0.3 is 5.11 Å². The third-order valence-electron chi connectivity index (χ3n) is 1.65. The first-order valence-electron chi connectivity index (χ1n) is 3.93. The van der Waals surface area contributed by atoms with E-state index in [1.54, 1.807) is 12.4 Å². The number of aromatic carboxylic acids is 1. The van der Waals surface area contributed by atoms with E-state index >= 15 is 0 Å². The minimum Gasteiger partial charge on any atom is -0.476 e. The molecule has 0 aliphatic carbocycles. The molecule has 2 rings (SSSR count). The van der Waals surface area contributed by atoms with Crippen LogP contribution < -0.4 is 0 Å². The van der Waals surface area contributed by atoms with Gasteiger partial charge in [-0.2, -0.15) is 5.10 Å². The van der Waals surface area contributed by atoms with Crippen LogP contribution in [0, 0.1) is 0 Å². The molecular formula is C8H5BrN4O2. The van der Waals surface area contributed by atoms with Gasteiger partial charge in [-0.15, -0.1) is 0 Å². The third-order valence-corrected chi connectivity index (χ3v) is 2.06. The molecule has 76 valence electrons. The van der Waals surface area contributed by atoms with Crippen molar-refractivity contribution in [1.29, 1.82) is 0 Å². The summed E-state index contributed by atoms with van der Waals surface area (Å²) in [5, 5.41) is 12.8. The number of nitrogens with zero attached hydrogens (tertiary/aromatic N) is 4. The van der Waals surface area contributed by atoms with Gasteiger partial charge in [-0.1, -0.05) is 0 Å². The summed E-state index contributed by atoms with van der Waals surface area (Å²) in [6, 6.07) is 0. The number of hydrogen-bond donors (Lipinski definition) is 1. The number of rotatable bonds is 2. The number of carboxylic acid groups (broad SMARTS) is 1. The van der Waals surface area contributed by atoms with E-state index < -0.39 is 5.97 Å². The Morgan fingerprint density at radius 2 is 2.13 bits per heavy atom. The van der Waals surface area contributed by atoms with Gasteiger partial charge in [0.2, 0.25) is 0 Å². The van der Waals surface area contributed by atoms with Gasteiger partial charge in [0.25, 0.3) is 0 Å². The first-order chi connectivity index (χ1) is 7.18. The molecule has 2 heterocycles. The summed E-state index contributed by atoms with van der Waals surface area (Å²) in [5.74, 6) is -0.944. The van der Waals surface area contributed by atoms with Crippen LogP contribution in [0.15, 0.2) is 29.3 Å². The lowest BCUT2D eigenvalue weighted by molar-refractivity contribution is 0.0690. The zero-order chi connectivity index (χ0) is 10.8. The van der Waals surface area contributed by atoms with Crippen LogP contribution in [0.4, 0.5) is 0 Å². The Hall–Kier alpha value is -1.76. The van der Waals surface area contributed by atoms with E-state index in [9.17, 15) is 4.79 Å². The Balaban J connectivity index is 2.57. The predicted molar refractivity (Wildman–Crippen MR) is 53.8 cm³/mol. The summed E-state index contributed by atoms with van der Waals surface area (Å²) in [6.45, 7) is 0. The molecule has 0 saturated carbocycles. The average molecular weight is 269 g/mol. The fourth-order valence-electron chi connectivity index (χ4n) is 1.07. The van der Waals surface area contributed by atoms with Gasteiger partial charge in [0.1, 0.15) is 0 Å². The zero-order valence-corrected chi connectivity index (χ0v) is 8.92. The molecule has 0 fully saturated rings. The van der Waals surface area contributed by atoms with Crippen molar-refractivity contribution in [3.05, 3.63) is 35.0 Å². The van der Waals surface area contributed by atoms with Crippen LogP contribution in [0.5, 0.6) is 0 Å². The van der Waals surface area contributed by atoms with Crippen molar-refractivity contribution in [3.63, 3.8) is 0 Å². The quantitative estimate of drug-likeness (QED) is 0.883. The average Bonchev–Trinajstić information content (AvgIpc) is 2.65. The van der Waals surface area contributed by atoms with E-state index in [-0.39, 0.29) is 11.5 Å². The molecule has 0 unspecified atom stereocenters. The first-order valence-corrected chi connectivity index (χ1v) is 4.72. The van der Waals surface area contributed by atoms with Gasteiger partial charge in [0.05, 0.1) is 10.7 Å². The fraction of sp³-hybridized carbons (Fsp3) is 0. The van der Waals surface area contributed by atoms with Crippen molar-refractivity contribution < 1.29 is 9.90 Å². The summed E-state index contributed by atoms with van der Waals surface area (Å²) in [6.07, 6.45) is 5.89. The van der Waals surface area contributed by atoms with Crippen molar-refractivity contribution in [2.45, 2.75) is 0 Å². The Kier molecular flexibility index (Phi) is 2.46. The number of aromatic nitrogens is 4. The monoisotopic (exact) mass is 268 g/mol. The molecule has 0 atom stereocenters. The maximum atomic E-state index is 10.8. The van der Waals surface area contributed by atoms with E-state index in [1.807, 2.05) is 0 Å². The number of halogens is 1. The molecular weight excluding hydrogens is 264 g/mol. The minimum absolute atomic E-state index is 0.131. The van der Waals surface area contributed by atoms with Crippen molar-refractivity contribution in [1.82, 2.24) is 19.7 Å². The largest absolute Gasteiger partial charge is 0.476 e.